The van der Waals surface area contributed by atoms with Crippen LogP contribution in [0.2, 0.25) is 5.02 Å². The van der Waals surface area contributed by atoms with Crippen LogP contribution in [0.5, 0.6) is 5.75 Å². The van der Waals surface area contributed by atoms with Gasteiger partial charge in [-0.05, 0) is 65.2 Å². The average molecular weight is 703 g/mol. The predicted molar refractivity (Wildman–Crippen MR) is 154 cm³/mol. The van der Waals surface area contributed by atoms with E-state index in [0.29, 0.717) is 23.8 Å². The molecular weight excluding hydrogens is 683 g/mol. The van der Waals surface area contributed by atoms with Crippen LogP contribution in [0.1, 0.15) is 38.3 Å². The predicted octanol–water partition coefficient (Wildman–Crippen LogP) is 8.28. The number of pyridine rings is 1. The number of aromatic nitrogens is 1. The maximum Gasteiger partial charge on any atom is 0.461 e. The van der Waals surface area contributed by atoms with Crippen molar-refractivity contribution in [3.63, 3.8) is 0 Å². The highest BCUT2D eigenvalue weighted by Crippen LogP contribution is 2.38. The minimum absolute atomic E-state index is 0.0572. The highest BCUT2D eigenvalue weighted by molar-refractivity contribution is 6.30. The molecule has 0 aliphatic rings. The van der Waals surface area contributed by atoms with E-state index < -0.39 is 76.6 Å². The van der Waals surface area contributed by atoms with Gasteiger partial charge in [-0.15, -0.1) is 0 Å². The summed E-state index contributed by atoms with van der Waals surface area (Å²) in [5.41, 5.74) is -4.68. The Kier molecular flexibility index (Phi) is 10.4. The second kappa shape index (κ2) is 14.0. The molecule has 16 heteroatoms. The van der Waals surface area contributed by atoms with E-state index in [1.165, 1.54) is 42.5 Å². The summed E-state index contributed by atoms with van der Waals surface area (Å²) in [5.74, 6) is -6.66. The molecule has 1 heterocycles. The van der Waals surface area contributed by atoms with Gasteiger partial charge in [0.05, 0.1) is 16.3 Å². The number of nitrogens with zero attached hydrogens (tertiary/aromatic N) is 1. The average Bonchev–Trinajstić information content (AvgIpc) is 2.99. The third-order valence-electron chi connectivity index (χ3n) is 6.76. The van der Waals surface area contributed by atoms with E-state index in [4.69, 9.17) is 16.7 Å². The van der Waals surface area contributed by atoms with E-state index in [-0.39, 0.29) is 22.3 Å². The van der Waals surface area contributed by atoms with E-state index in [1.807, 2.05) is 0 Å². The van der Waals surface area contributed by atoms with Crippen LogP contribution in [0.15, 0.2) is 85.1 Å². The van der Waals surface area contributed by atoms with E-state index in [0.717, 1.165) is 24.4 Å². The summed E-state index contributed by atoms with van der Waals surface area (Å²) in [4.78, 5) is 28.8. The maximum absolute atomic E-state index is 15.1. The fourth-order valence-electron chi connectivity index (χ4n) is 4.59. The Bertz CT molecular complexity index is 1830. The van der Waals surface area contributed by atoms with E-state index in [9.17, 15) is 44.7 Å². The normalized spacial score (nSPS) is 13.4. The van der Waals surface area contributed by atoms with Crippen molar-refractivity contribution in [2.24, 2.45) is 0 Å². The lowest BCUT2D eigenvalue weighted by atomic mass is 9.79. The van der Waals surface area contributed by atoms with Gasteiger partial charge in [0.25, 0.3) is 5.91 Å². The number of aliphatic carboxylic acids is 1. The van der Waals surface area contributed by atoms with Gasteiger partial charge in [0.2, 0.25) is 0 Å². The Morgan fingerprint density at radius 3 is 2.21 bits per heavy atom. The van der Waals surface area contributed by atoms with Crippen molar-refractivity contribution in [2.75, 3.05) is 0 Å². The van der Waals surface area contributed by atoms with Crippen molar-refractivity contribution in [1.82, 2.24) is 10.3 Å². The first-order valence-corrected chi connectivity index (χ1v) is 13.7. The third kappa shape index (κ3) is 8.45. The topological polar surface area (TPSA) is 88.5 Å². The number of alkyl halides is 7. The number of benzene rings is 3. The van der Waals surface area contributed by atoms with Crippen molar-refractivity contribution in [3.8, 4) is 5.75 Å². The molecule has 0 fully saturated rings. The first-order valence-electron chi connectivity index (χ1n) is 13.4. The number of hydrogen-bond donors (Lipinski definition) is 2. The second-order valence-corrected chi connectivity index (χ2v) is 10.6. The van der Waals surface area contributed by atoms with Crippen molar-refractivity contribution < 1.29 is 58.9 Å². The Morgan fingerprint density at radius 1 is 0.938 bits per heavy atom. The largest absolute Gasteiger partial charge is 0.478 e. The molecule has 1 amide bonds. The fourth-order valence-corrected chi connectivity index (χ4v) is 4.70. The lowest BCUT2D eigenvalue weighted by Gasteiger charge is -2.36. The van der Waals surface area contributed by atoms with E-state index >= 15 is 4.39 Å². The van der Waals surface area contributed by atoms with Crippen LogP contribution in [-0.4, -0.2) is 34.5 Å². The number of ether oxygens (including phenoxy) is 1. The number of rotatable bonds is 11. The summed E-state index contributed by atoms with van der Waals surface area (Å²) in [6, 6.07) is 11.4. The molecule has 6 nitrogen and oxygen atoms in total. The van der Waals surface area contributed by atoms with Gasteiger partial charge in [-0.1, -0.05) is 35.9 Å². The molecule has 4 rings (SSSR count). The maximum atomic E-state index is 15.1. The molecule has 252 valence electrons. The van der Waals surface area contributed by atoms with Gasteiger partial charge in [-0.25, -0.2) is 13.6 Å². The molecule has 1 unspecified atom stereocenters. The molecule has 0 spiro atoms. The first-order chi connectivity index (χ1) is 22.4. The third-order valence-corrected chi connectivity index (χ3v) is 6.99. The SMILES string of the molecule is O=C(O)C=Cc1ccc(CC(NC(=O)c2ccc(F)c(C(F)(F)F)c2)(c2cc(F)cc(OC(F)(F)C(F)F)c2)c2ccc(Cl)cn2)cc1. The highest BCUT2D eigenvalue weighted by Gasteiger charge is 2.45. The summed E-state index contributed by atoms with van der Waals surface area (Å²) in [5, 5.41) is 11.4. The summed E-state index contributed by atoms with van der Waals surface area (Å²) < 4.78 is 127. The van der Waals surface area contributed by atoms with E-state index in [2.05, 4.69) is 15.0 Å². The van der Waals surface area contributed by atoms with Gasteiger partial charge in [0.1, 0.15) is 22.9 Å². The first kappa shape index (κ1) is 35.8. The van der Waals surface area contributed by atoms with Crippen LogP contribution < -0.4 is 10.1 Å². The lowest BCUT2D eigenvalue weighted by molar-refractivity contribution is -0.253. The van der Waals surface area contributed by atoms with Crippen molar-refractivity contribution in [2.45, 2.75) is 30.7 Å². The molecular formula is C32H20ClF9N2O4. The molecule has 48 heavy (non-hydrogen) atoms. The van der Waals surface area contributed by atoms with Crippen LogP contribution in [0, 0.1) is 11.6 Å². The minimum Gasteiger partial charge on any atom is -0.478 e. The number of carbonyl (C=O) groups is 2. The lowest BCUT2D eigenvalue weighted by Crippen LogP contribution is -2.49. The van der Waals surface area contributed by atoms with Gasteiger partial charge in [-0.2, -0.15) is 30.7 Å². The summed E-state index contributed by atoms with van der Waals surface area (Å²) in [7, 11) is 0. The minimum atomic E-state index is -5.21. The number of halogens is 10. The smallest absolute Gasteiger partial charge is 0.461 e. The zero-order valence-electron chi connectivity index (χ0n) is 23.8. The number of hydrogen-bond acceptors (Lipinski definition) is 4. The molecule has 0 saturated heterocycles. The molecule has 0 aliphatic heterocycles. The zero-order valence-corrected chi connectivity index (χ0v) is 24.6. The fraction of sp³-hybridized carbons (Fsp3) is 0.156. The van der Waals surface area contributed by atoms with Crippen LogP contribution in [0.4, 0.5) is 39.5 Å². The molecule has 4 aromatic rings. The summed E-state index contributed by atoms with van der Waals surface area (Å²) in [6.07, 6.45) is -11.9. The van der Waals surface area contributed by atoms with Crippen molar-refractivity contribution in [3.05, 3.63) is 135 Å². The molecule has 2 N–H and O–H groups in total. The number of nitrogens with one attached hydrogen (secondary N) is 1. The second-order valence-electron chi connectivity index (χ2n) is 10.1. The van der Waals surface area contributed by atoms with Gasteiger partial charge in [-0.3, -0.25) is 9.78 Å². The molecule has 1 atom stereocenters. The Morgan fingerprint density at radius 2 is 1.62 bits per heavy atom. The molecule has 1 aromatic heterocycles. The van der Waals surface area contributed by atoms with Crippen LogP contribution in [-0.2, 0) is 22.9 Å². The number of carbonyl (C=O) groups excluding carboxylic acids is 1. The molecule has 3 aromatic carbocycles. The quantitative estimate of drug-likeness (QED) is 0.121. The Labute approximate surface area is 270 Å². The van der Waals surface area contributed by atoms with E-state index in [1.54, 1.807) is 0 Å². The van der Waals surface area contributed by atoms with Gasteiger partial charge < -0.3 is 15.2 Å². The van der Waals surface area contributed by atoms with Crippen molar-refractivity contribution in [1.29, 1.82) is 0 Å². The van der Waals surface area contributed by atoms with Gasteiger partial charge in [0, 0.05) is 30.3 Å². The Hall–Kier alpha value is -5.05. The van der Waals surface area contributed by atoms with Crippen LogP contribution >= 0.6 is 11.6 Å². The van der Waals surface area contributed by atoms with Crippen molar-refractivity contribution >= 4 is 29.6 Å². The molecule has 0 saturated carbocycles. The Balaban J connectivity index is 1.96. The highest BCUT2D eigenvalue weighted by atomic mass is 35.5. The van der Waals surface area contributed by atoms with Crippen LogP contribution in [0.25, 0.3) is 6.08 Å². The summed E-state index contributed by atoms with van der Waals surface area (Å²) in [6.45, 7) is 0. The standard InChI is InChI=1S/C32H20ClF9N2O4/c33-21-7-9-26(43-16-21)30(15-18-3-1-17(2-4-18)5-10-27(45)46,20-12-22(34)14-23(13-20)48-32(41,42)29(36)37)44-28(47)19-6-8-25(35)24(11-19)31(38,39)40/h1-14,16,29H,15H2,(H,44,47)(H,45,46). The molecule has 0 radical (unpaired) electrons. The molecule has 0 bridgehead atoms. The monoisotopic (exact) mass is 702 g/mol. The zero-order chi connectivity index (χ0) is 35.4. The van der Waals surface area contributed by atoms with Gasteiger partial charge >= 0.3 is 24.7 Å². The molecule has 0 aliphatic carbocycles. The summed E-state index contributed by atoms with van der Waals surface area (Å²) >= 11 is 5.99. The van der Waals surface area contributed by atoms with Crippen LogP contribution in [0.3, 0.4) is 0 Å². The number of carboxylic acids is 1. The number of carboxylic acid groups (broad SMARTS) is 1. The number of amides is 1. The van der Waals surface area contributed by atoms with Gasteiger partial charge in [0.15, 0.2) is 0 Å².